The zero-order valence-electron chi connectivity index (χ0n) is 19.7. The molecule has 0 saturated heterocycles. The minimum Gasteiger partial charge on any atom is -0.369 e. The molecule has 1 amide bonds. The van der Waals surface area contributed by atoms with Crippen molar-refractivity contribution >= 4 is 23.0 Å². The van der Waals surface area contributed by atoms with E-state index in [2.05, 4.69) is 57.5 Å². The van der Waals surface area contributed by atoms with Crippen LogP contribution in [0.25, 0.3) is 16.7 Å². The van der Waals surface area contributed by atoms with Crippen LogP contribution < -0.4 is 10.6 Å². The van der Waals surface area contributed by atoms with Crippen LogP contribution >= 0.6 is 0 Å². The molecule has 3 aromatic rings. The fraction of sp³-hybridized carbons (Fsp3) is 0.296. The number of benzene rings is 1. The van der Waals surface area contributed by atoms with Gasteiger partial charge in [-0.2, -0.15) is 0 Å². The van der Waals surface area contributed by atoms with Gasteiger partial charge in [0.1, 0.15) is 5.82 Å². The first-order valence-electron chi connectivity index (χ1n) is 11.3. The number of nitrogens with one attached hydrogen (secondary N) is 2. The molecule has 33 heavy (non-hydrogen) atoms. The lowest BCUT2D eigenvalue weighted by molar-refractivity contribution is -0.111. The number of rotatable bonds is 7. The molecule has 1 aromatic carbocycles. The van der Waals surface area contributed by atoms with Gasteiger partial charge in [0, 0.05) is 36.6 Å². The van der Waals surface area contributed by atoms with Crippen molar-refractivity contribution in [1.82, 2.24) is 14.9 Å². The molecule has 4 rings (SSSR count). The number of carbonyl (C=O) groups excluding carboxylic acids is 1. The Labute approximate surface area is 195 Å². The second-order valence-corrected chi connectivity index (χ2v) is 8.92. The molecule has 170 valence electrons. The Bertz CT molecular complexity index is 1150. The summed E-state index contributed by atoms with van der Waals surface area (Å²) in [5.74, 6) is 1.07. The lowest BCUT2D eigenvalue weighted by Crippen LogP contribution is -2.21. The quantitative estimate of drug-likeness (QED) is 0.538. The van der Waals surface area contributed by atoms with Crippen molar-refractivity contribution in [2.24, 2.45) is 0 Å². The number of amides is 1. The molecule has 0 aliphatic heterocycles. The Morgan fingerprint density at radius 2 is 1.97 bits per heavy atom. The van der Waals surface area contributed by atoms with Gasteiger partial charge >= 0.3 is 0 Å². The Morgan fingerprint density at radius 1 is 1.12 bits per heavy atom. The fourth-order valence-electron chi connectivity index (χ4n) is 4.31. The van der Waals surface area contributed by atoms with E-state index < -0.39 is 0 Å². The average molecular weight is 442 g/mol. The summed E-state index contributed by atoms with van der Waals surface area (Å²) in [6.45, 7) is 6.01. The highest BCUT2D eigenvalue weighted by Gasteiger charge is 2.27. The molecule has 2 heterocycles. The summed E-state index contributed by atoms with van der Waals surface area (Å²) < 4.78 is 0. The first kappa shape index (κ1) is 22.7. The van der Waals surface area contributed by atoms with Crippen LogP contribution in [0.2, 0.25) is 0 Å². The number of hydrogen-bond donors (Lipinski definition) is 2. The third-order valence-electron chi connectivity index (χ3n) is 6.00. The average Bonchev–Trinajstić information content (AvgIpc) is 2.80. The summed E-state index contributed by atoms with van der Waals surface area (Å²) in [5, 5.41) is 6.34. The van der Waals surface area contributed by atoms with Gasteiger partial charge in [-0.15, -0.1) is 0 Å². The maximum atomic E-state index is 13.4. The number of fused-ring (bicyclic) bond motifs is 1. The molecule has 0 saturated carbocycles. The summed E-state index contributed by atoms with van der Waals surface area (Å²) in [4.78, 5) is 24.2. The number of anilines is 2. The zero-order chi connectivity index (χ0) is 23.4. The number of likely N-dealkylation sites (N-methyl/N-ethyl adjacent to an activating group) is 1. The van der Waals surface area contributed by atoms with Gasteiger partial charge in [-0.3, -0.25) is 9.78 Å². The predicted molar refractivity (Wildman–Crippen MR) is 135 cm³/mol. The number of aromatic nitrogens is 2. The lowest BCUT2D eigenvalue weighted by Gasteiger charge is -2.27. The van der Waals surface area contributed by atoms with Crippen LogP contribution in [-0.2, 0) is 4.79 Å². The van der Waals surface area contributed by atoms with Crippen molar-refractivity contribution in [3.05, 3.63) is 77.8 Å². The van der Waals surface area contributed by atoms with Crippen molar-refractivity contribution in [3.63, 3.8) is 0 Å². The molecule has 0 bridgehead atoms. The van der Waals surface area contributed by atoms with Gasteiger partial charge in [-0.1, -0.05) is 30.7 Å². The normalized spacial score (nSPS) is 15.4. The molecular weight excluding hydrogens is 410 g/mol. The number of pyridine rings is 2. The van der Waals surface area contributed by atoms with Gasteiger partial charge in [0.15, 0.2) is 0 Å². The van der Waals surface area contributed by atoms with Crippen LogP contribution in [0.15, 0.2) is 66.6 Å². The van der Waals surface area contributed by atoms with Gasteiger partial charge < -0.3 is 15.5 Å². The van der Waals surface area contributed by atoms with Crippen LogP contribution in [0, 0.1) is 0 Å². The molecule has 0 spiro atoms. The van der Waals surface area contributed by atoms with Gasteiger partial charge in [-0.25, -0.2) is 4.98 Å². The van der Waals surface area contributed by atoms with Gasteiger partial charge in [0.25, 0.3) is 5.91 Å². The number of allylic oxidation sites excluding steroid dienone is 1. The fourth-order valence-corrected chi connectivity index (χ4v) is 4.31. The molecular formula is C27H31N5O. The van der Waals surface area contributed by atoms with Crippen LogP contribution in [0.3, 0.4) is 0 Å². The third kappa shape index (κ3) is 5.29. The van der Waals surface area contributed by atoms with Crippen molar-refractivity contribution in [2.75, 3.05) is 37.8 Å². The SMILES string of the molecule is CC1=C(C(=O)Nc2ccc(NCCN(C)C)nc2)c2cc(-c3cccnc3)ccc2[C@@H](C)C1. The molecule has 2 N–H and O–H groups in total. The Kier molecular flexibility index (Phi) is 6.84. The van der Waals surface area contributed by atoms with Gasteiger partial charge in [-0.05, 0) is 74.3 Å². The largest absolute Gasteiger partial charge is 0.369 e. The minimum atomic E-state index is -0.0981. The minimum absolute atomic E-state index is 0.0981. The van der Waals surface area contributed by atoms with E-state index in [0.717, 1.165) is 53.2 Å². The highest BCUT2D eigenvalue weighted by molar-refractivity contribution is 6.26. The van der Waals surface area contributed by atoms with Crippen molar-refractivity contribution in [3.8, 4) is 11.1 Å². The summed E-state index contributed by atoms with van der Waals surface area (Å²) in [5.41, 5.74) is 6.84. The number of nitrogens with zero attached hydrogens (tertiary/aromatic N) is 3. The molecule has 6 nitrogen and oxygen atoms in total. The maximum absolute atomic E-state index is 13.4. The number of carbonyl (C=O) groups is 1. The van der Waals surface area contributed by atoms with Crippen LogP contribution in [0.4, 0.5) is 11.5 Å². The van der Waals surface area contributed by atoms with Crippen molar-refractivity contribution in [2.45, 2.75) is 26.2 Å². The van der Waals surface area contributed by atoms with E-state index in [1.165, 1.54) is 5.56 Å². The third-order valence-corrected chi connectivity index (χ3v) is 6.00. The van der Waals surface area contributed by atoms with E-state index in [0.29, 0.717) is 11.6 Å². The molecule has 0 unspecified atom stereocenters. The van der Waals surface area contributed by atoms with Gasteiger partial charge in [0.2, 0.25) is 0 Å². The Balaban J connectivity index is 1.56. The summed E-state index contributed by atoms with van der Waals surface area (Å²) >= 11 is 0. The molecule has 1 aliphatic carbocycles. The summed E-state index contributed by atoms with van der Waals surface area (Å²) in [6.07, 6.45) is 6.19. The molecule has 0 fully saturated rings. The zero-order valence-corrected chi connectivity index (χ0v) is 19.7. The van der Waals surface area contributed by atoms with E-state index in [1.807, 2.05) is 44.6 Å². The maximum Gasteiger partial charge on any atom is 0.256 e. The Morgan fingerprint density at radius 3 is 2.67 bits per heavy atom. The predicted octanol–water partition coefficient (Wildman–Crippen LogP) is 5.04. The first-order chi connectivity index (χ1) is 15.9. The lowest BCUT2D eigenvalue weighted by atomic mass is 9.78. The molecule has 2 aromatic heterocycles. The van der Waals surface area contributed by atoms with Crippen molar-refractivity contribution in [1.29, 1.82) is 0 Å². The second-order valence-electron chi connectivity index (χ2n) is 8.92. The van der Waals surface area contributed by atoms with E-state index in [-0.39, 0.29) is 5.91 Å². The molecule has 6 heteroatoms. The first-order valence-corrected chi connectivity index (χ1v) is 11.3. The van der Waals surface area contributed by atoms with E-state index in [4.69, 9.17) is 0 Å². The molecule has 1 atom stereocenters. The summed E-state index contributed by atoms with van der Waals surface area (Å²) in [6, 6.07) is 14.1. The highest BCUT2D eigenvalue weighted by atomic mass is 16.1. The molecule has 1 aliphatic rings. The molecule has 0 radical (unpaired) electrons. The smallest absolute Gasteiger partial charge is 0.256 e. The van der Waals surface area contributed by atoms with E-state index in [9.17, 15) is 4.79 Å². The van der Waals surface area contributed by atoms with Gasteiger partial charge in [0.05, 0.1) is 11.9 Å². The van der Waals surface area contributed by atoms with Crippen LogP contribution in [0.5, 0.6) is 0 Å². The monoisotopic (exact) mass is 441 g/mol. The van der Waals surface area contributed by atoms with E-state index >= 15 is 0 Å². The summed E-state index contributed by atoms with van der Waals surface area (Å²) in [7, 11) is 4.07. The van der Waals surface area contributed by atoms with E-state index in [1.54, 1.807) is 12.4 Å². The number of hydrogen-bond acceptors (Lipinski definition) is 5. The standard InChI is InChI=1S/C27H31N5O/c1-18-14-19(2)26(24-15-20(7-9-23(18)24)21-6-5-11-28-16-21)27(33)31-22-8-10-25(30-17-22)29-12-13-32(3)4/h5-11,15-18H,12-14H2,1-4H3,(H,29,30)(H,31,33)/t18-/m0/s1. The highest BCUT2D eigenvalue weighted by Crippen LogP contribution is 2.40. The van der Waals surface area contributed by atoms with Crippen LogP contribution in [-0.4, -0.2) is 48.0 Å². The van der Waals surface area contributed by atoms with Crippen LogP contribution in [0.1, 0.15) is 37.3 Å². The topological polar surface area (TPSA) is 70.2 Å². The Hall–Kier alpha value is -3.51. The van der Waals surface area contributed by atoms with Crippen molar-refractivity contribution < 1.29 is 4.79 Å². The second kappa shape index (κ2) is 9.96.